The zero-order valence-electron chi connectivity index (χ0n) is 12.2. The van der Waals surface area contributed by atoms with Gasteiger partial charge in [0.2, 0.25) is 0 Å². The Labute approximate surface area is 136 Å². The van der Waals surface area contributed by atoms with Crippen molar-refractivity contribution >= 4 is 34.7 Å². The van der Waals surface area contributed by atoms with Crippen molar-refractivity contribution in [1.82, 2.24) is 10.3 Å². The smallest absolute Gasteiger partial charge is 0.270 e. The molecule has 0 radical (unpaired) electrons. The van der Waals surface area contributed by atoms with E-state index in [0.29, 0.717) is 12.1 Å². The maximum Gasteiger partial charge on any atom is 0.270 e. The van der Waals surface area contributed by atoms with E-state index in [1.165, 1.54) is 35.2 Å². The molecule has 1 amide bonds. The van der Waals surface area contributed by atoms with Gasteiger partial charge in [-0.25, -0.2) is 4.98 Å². The van der Waals surface area contributed by atoms with Gasteiger partial charge in [0, 0.05) is 21.9 Å². The number of hydrogen-bond donors (Lipinski definition) is 1. The second kappa shape index (κ2) is 7.37. The molecule has 0 aliphatic rings. The molecule has 6 nitrogen and oxygen atoms in total. The second-order valence-electron chi connectivity index (χ2n) is 4.41. The molecule has 0 aliphatic carbocycles. The summed E-state index contributed by atoms with van der Waals surface area (Å²) in [5, 5.41) is 13.7. The minimum atomic E-state index is -0.496. The van der Waals surface area contributed by atoms with E-state index in [4.69, 9.17) is 0 Å². The standard InChI is InChI=1S/C14H15N3O3S2/c1-3-21-12-5-4-10(17(19)20)6-11(12)14(18)15-7-13-9(2)16-8-22-13/h4-6,8H,3,7H2,1-2H3,(H,15,18). The predicted molar refractivity (Wildman–Crippen MR) is 87.5 cm³/mol. The zero-order valence-corrected chi connectivity index (χ0v) is 13.8. The van der Waals surface area contributed by atoms with E-state index >= 15 is 0 Å². The summed E-state index contributed by atoms with van der Waals surface area (Å²) < 4.78 is 0. The van der Waals surface area contributed by atoms with Crippen molar-refractivity contribution in [1.29, 1.82) is 0 Å². The van der Waals surface area contributed by atoms with E-state index in [0.717, 1.165) is 21.2 Å². The summed E-state index contributed by atoms with van der Waals surface area (Å²) >= 11 is 2.95. The van der Waals surface area contributed by atoms with Crippen LogP contribution in [0.15, 0.2) is 28.6 Å². The summed E-state index contributed by atoms with van der Waals surface area (Å²) in [6.07, 6.45) is 0. The first-order valence-electron chi connectivity index (χ1n) is 6.61. The van der Waals surface area contributed by atoms with Crippen LogP contribution in [0.2, 0.25) is 0 Å². The van der Waals surface area contributed by atoms with Crippen molar-refractivity contribution in [3.63, 3.8) is 0 Å². The number of nitrogens with one attached hydrogen (secondary N) is 1. The van der Waals surface area contributed by atoms with Gasteiger partial charge in [0.1, 0.15) is 0 Å². The van der Waals surface area contributed by atoms with Crippen LogP contribution in [0.3, 0.4) is 0 Å². The van der Waals surface area contributed by atoms with Crippen LogP contribution in [-0.4, -0.2) is 21.6 Å². The number of aryl methyl sites for hydroxylation is 1. The summed E-state index contributed by atoms with van der Waals surface area (Å²) in [5.41, 5.74) is 2.86. The molecule has 0 unspecified atom stereocenters. The van der Waals surface area contributed by atoms with Gasteiger partial charge in [0.05, 0.1) is 28.2 Å². The Kier molecular flexibility index (Phi) is 5.51. The summed E-state index contributed by atoms with van der Waals surface area (Å²) in [6, 6.07) is 4.37. The van der Waals surface area contributed by atoms with Crippen molar-refractivity contribution < 1.29 is 9.72 Å². The van der Waals surface area contributed by atoms with Gasteiger partial charge in [-0.2, -0.15) is 0 Å². The molecule has 0 spiro atoms. The molecule has 1 aromatic carbocycles. The molecular weight excluding hydrogens is 322 g/mol. The van der Waals surface area contributed by atoms with Crippen LogP contribution in [0.25, 0.3) is 0 Å². The third-order valence-corrected chi connectivity index (χ3v) is 4.86. The van der Waals surface area contributed by atoms with Crippen molar-refractivity contribution in [2.24, 2.45) is 0 Å². The van der Waals surface area contributed by atoms with Gasteiger partial charge in [0.15, 0.2) is 0 Å². The highest BCUT2D eigenvalue weighted by molar-refractivity contribution is 7.99. The lowest BCUT2D eigenvalue weighted by molar-refractivity contribution is -0.384. The molecule has 2 aromatic rings. The fraction of sp³-hybridized carbons (Fsp3) is 0.286. The van der Waals surface area contributed by atoms with Crippen LogP contribution in [0.5, 0.6) is 0 Å². The van der Waals surface area contributed by atoms with Gasteiger partial charge in [-0.15, -0.1) is 23.1 Å². The molecule has 1 aromatic heterocycles. The molecule has 1 N–H and O–H groups in total. The maximum atomic E-state index is 12.4. The third kappa shape index (κ3) is 3.83. The van der Waals surface area contributed by atoms with Crippen molar-refractivity contribution in [2.75, 3.05) is 5.75 Å². The maximum absolute atomic E-state index is 12.4. The number of nitrogens with zero attached hydrogens (tertiary/aromatic N) is 2. The summed E-state index contributed by atoms with van der Waals surface area (Å²) in [6.45, 7) is 4.21. The molecule has 8 heteroatoms. The lowest BCUT2D eigenvalue weighted by atomic mass is 10.2. The first kappa shape index (κ1) is 16.4. The molecule has 0 saturated heterocycles. The quantitative estimate of drug-likeness (QED) is 0.496. The largest absolute Gasteiger partial charge is 0.347 e. The van der Waals surface area contributed by atoms with Gasteiger partial charge < -0.3 is 5.32 Å². The van der Waals surface area contributed by atoms with Crippen molar-refractivity contribution in [2.45, 2.75) is 25.3 Å². The minimum Gasteiger partial charge on any atom is -0.347 e. The molecule has 0 aliphatic heterocycles. The van der Waals surface area contributed by atoms with Crippen LogP contribution in [0.4, 0.5) is 5.69 Å². The van der Waals surface area contributed by atoms with Gasteiger partial charge >= 0.3 is 0 Å². The van der Waals surface area contributed by atoms with Gasteiger partial charge in [-0.1, -0.05) is 6.92 Å². The topological polar surface area (TPSA) is 85.1 Å². The molecule has 116 valence electrons. The SMILES string of the molecule is CCSc1ccc([N+](=O)[O-])cc1C(=O)NCc1scnc1C. The summed E-state index contributed by atoms with van der Waals surface area (Å²) in [5.74, 6) is 0.471. The Hall–Kier alpha value is -1.93. The lowest BCUT2D eigenvalue weighted by Crippen LogP contribution is -2.23. The number of non-ortho nitro benzene ring substituents is 1. The Morgan fingerprint density at radius 3 is 2.86 bits per heavy atom. The van der Waals surface area contributed by atoms with Crippen LogP contribution in [0, 0.1) is 17.0 Å². The van der Waals surface area contributed by atoms with Crippen molar-refractivity contribution in [3.8, 4) is 0 Å². The van der Waals surface area contributed by atoms with Crippen molar-refractivity contribution in [3.05, 3.63) is 50.0 Å². The molecule has 0 atom stereocenters. The number of aromatic nitrogens is 1. The van der Waals surface area contributed by atoms with E-state index < -0.39 is 4.92 Å². The number of benzene rings is 1. The molecular formula is C14H15N3O3S2. The summed E-state index contributed by atoms with van der Waals surface area (Å²) in [4.78, 5) is 28.6. The molecule has 0 saturated carbocycles. The van der Waals surface area contributed by atoms with Crippen LogP contribution < -0.4 is 5.32 Å². The first-order valence-corrected chi connectivity index (χ1v) is 8.47. The van der Waals surface area contributed by atoms with Crippen LogP contribution in [0.1, 0.15) is 27.9 Å². The average molecular weight is 337 g/mol. The first-order chi connectivity index (χ1) is 10.5. The van der Waals surface area contributed by atoms with E-state index in [-0.39, 0.29) is 11.6 Å². The Bertz CT molecular complexity index is 700. The highest BCUT2D eigenvalue weighted by atomic mass is 32.2. The number of nitro groups is 1. The minimum absolute atomic E-state index is 0.0837. The normalized spacial score (nSPS) is 10.5. The number of thioether (sulfide) groups is 1. The number of thiazole rings is 1. The van der Waals surface area contributed by atoms with Gasteiger partial charge in [0.25, 0.3) is 11.6 Å². The predicted octanol–water partition coefficient (Wildman–Crippen LogP) is 3.40. The molecule has 1 heterocycles. The van der Waals surface area contributed by atoms with E-state index in [9.17, 15) is 14.9 Å². The average Bonchev–Trinajstić information content (AvgIpc) is 2.90. The van der Waals surface area contributed by atoms with E-state index in [1.54, 1.807) is 11.6 Å². The third-order valence-electron chi connectivity index (χ3n) is 2.97. The Morgan fingerprint density at radius 2 is 2.27 bits per heavy atom. The van der Waals surface area contributed by atoms with E-state index in [1.807, 2.05) is 13.8 Å². The molecule has 2 rings (SSSR count). The highest BCUT2D eigenvalue weighted by Crippen LogP contribution is 2.26. The van der Waals surface area contributed by atoms with Gasteiger partial charge in [-0.05, 0) is 18.7 Å². The molecule has 22 heavy (non-hydrogen) atoms. The Morgan fingerprint density at radius 1 is 1.50 bits per heavy atom. The van der Waals surface area contributed by atoms with Gasteiger partial charge in [-0.3, -0.25) is 14.9 Å². The van der Waals surface area contributed by atoms with Crippen LogP contribution in [-0.2, 0) is 6.54 Å². The zero-order chi connectivity index (χ0) is 16.1. The number of carbonyl (C=O) groups is 1. The monoisotopic (exact) mass is 337 g/mol. The number of amides is 1. The number of hydrogen-bond acceptors (Lipinski definition) is 6. The fourth-order valence-corrected chi connectivity index (χ4v) is 3.34. The number of rotatable bonds is 6. The van der Waals surface area contributed by atoms with Crippen LogP contribution >= 0.6 is 23.1 Å². The molecule has 0 fully saturated rings. The second-order valence-corrected chi connectivity index (χ2v) is 6.66. The highest BCUT2D eigenvalue weighted by Gasteiger charge is 2.17. The lowest BCUT2D eigenvalue weighted by Gasteiger charge is -2.09. The van der Waals surface area contributed by atoms with E-state index in [2.05, 4.69) is 10.3 Å². The summed E-state index contributed by atoms with van der Waals surface area (Å²) in [7, 11) is 0. The number of carbonyl (C=O) groups excluding carboxylic acids is 1. The Balaban J connectivity index is 2.20. The number of nitro benzene ring substituents is 1. The fourth-order valence-electron chi connectivity index (χ4n) is 1.84. The molecule has 0 bridgehead atoms.